The predicted molar refractivity (Wildman–Crippen MR) is 75.0 cm³/mol. The minimum absolute atomic E-state index is 0.275. The van der Waals surface area contributed by atoms with Crippen molar-refractivity contribution in [2.75, 3.05) is 22.3 Å². The molecule has 1 aromatic carbocycles. The Bertz CT molecular complexity index is 492. The van der Waals surface area contributed by atoms with Gasteiger partial charge < -0.3 is 5.73 Å². The Kier molecular flexibility index (Phi) is 3.80. The van der Waals surface area contributed by atoms with E-state index < -0.39 is 10.0 Å². The van der Waals surface area contributed by atoms with E-state index in [0.717, 1.165) is 19.3 Å². The van der Waals surface area contributed by atoms with Crippen molar-refractivity contribution in [3.8, 4) is 0 Å². The van der Waals surface area contributed by atoms with Gasteiger partial charge in [0.1, 0.15) is 0 Å². The summed E-state index contributed by atoms with van der Waals surface area (Å²) in [6, 6.07) is 7.03. The standard InChI is InChI=1S/C13H20N2O2S/c1-2-9-15(13-7-5-12(14)6-8-13)18(16,17)10-11-3-4-11/h5-8,11H,2-4,9-10,14H2,1H3. The summed E-state index contributed by atoms with van der Waals surface area (Å²) in [5.41, 5.74) is 7.00. The Balaban J connectivity index is 2.23. The summed E-state index contributed by atoms with van der Waals surface area (Å²) < 4.78 is 26.2. The summed E-state index contributed by atoms with van der Waals surface area (Å²) >= 11 is 0. The molecule has 1 aromatic rings. The smallest absolute Gasteiger partial charge is 0.235 e. The zero-order valence-corrected chi connectivity index (χ0v) is 11.5. The van der Waals surface area contributed by atoms with Crippen LogP contribution in [-0.2, 0) is 10.0 Å². The van der Waals surface area contributed by atoms with Crippen LogP contribution in [0.5, 0.6) is 0 Å². The van der Waals surface area contributed by atoms with Gasteiger partial charge in [0.15, 0.2) is 0 Å². The highest BCUT2D eigenvalue weighted by Gasteiger charge is 2.31. The van der Waals surface area contributed by atoms with E-state index in [4.69, 9.17) is 5.73 Å². The van der Waals surface area contributed by atoms with Crippen LogP contribution >= 0.6 is 0 Å². The summed E-state index contributed by atoms with van der Waals surface area (Å²) in [7, 11) is -3.19. The third-order valence-electron chi connectivity index (χ3n) is 3.09. The van der Waals surface area contributed by atoms with Gasteiger partial charge in [0.25, 0.3) is 0 Å². The van der Waals surface area contributed by atoms with E-state index in [1.807, 2.05) is 6.92 Å². The van der Waals surface area contributed by atoms with Crippen molar-refractivity contribution < 1.29 is 8.42 Å². The van der Waals surface area contributed by atoms with Crippen molar-refractivity contribution in [1.82, 2.24) is 0 Å². The molecule has 0 aromatic heterocycles. The predicted octanol–water partition coefficient (Wildman–Crippen LogP) is 2.23. The highest BCUT2D eigenvalue weighted by Crippen LogP contribution is 2.32. The number of anilines is 2. The van der Waals surface area contributed by atoms with Crippen LogP contribution in [0, 0.1) is 5.92 Å². The fourth-order valence-corrected chi connectivity index (χ4v) is 3.96. The molecule has 0 spiro atoms. The van der Waals surface area contributed by atoms with E-state index in [2.05, 4.69) is 0 Å². The largest absolute Gasteiger partial charge is 0.399 e. The first-order valence-corrected chi connectivity index (χ1v) is 8.00. The van der Waals surface area contributed by atoms with Crippen molar-refractivity contribution in [2.24, 2.45) is 5.92 Å². The van der Waals surface area contributed by atoms with E-state index in [9.17, 15) is 8.42 Å². The SMILES string of the molecule is CCCN(c1ccc(N)cc1)S(=O)(=O)CC1CC1. The molecule has 2 N–H and O–H groups in total. The molecule has 0 aliphatic heterocycles. The highest BCUT2D eigenvalue weighted by atomic mass is 32.2. The molecular weight excluding hydrogens is 248 g/mol. The van der Waals surface area contributed by atoms with Gasteiger partial charge in [-0.2, -0.15) is 0 Å². The molecule has 0 saturated heterocycles. The maximum absolute atomic E-state index is 12.4. The summed E-state index contributed by atoms with van der Waals surface area (Å²) in [4.78, 5) is 0. The summed E-state index contributed by atoms with van der Waals surface area (Å²) in [6.45, 7) is 2.51. The molecule has 0 heterocycles. The molecule has 18 heavy (non-hydrogen) atoms. The Labute approximate surface area is 109 Å². The van der Waals surface area contributed by atoms with Crippen LogP contribution < -0.4 is 10.0 Å². The normalized spacial score (nSPS) is 15.6. The van der Waals surface area contributed by atoms with Crippen molar-refractivity contribution in [3.63, 3.8) is 0 Å². The lowest BCUT2D eigenvalue weighted by atomic mass is 10.3. The van der Waals surface area contributed by atoms with Crippen LogP contribution in [0.25, 0.3) is 0 Å². The number of benzene rings is 1. The minimum atomic E-state index is -3.19. The number of hydrogen-bond donors (Lipinski definition) is 1. The Hall–Kier alpha value is -1.23. The monoisotopic (exact) mass is 268 g/mol. The lowest BCUT2D eigenvalue weighted by Gasteiger charge is -2.24. The molecule has 1 fully saturated rings. The van der Waals surface area contributed by atoms with Crippen molar-refractivity contribution >= 4 is 21.4 Å². The van der Waals surface area contributed by atoms with Crippen LogP contribution in [0.3, 0.4) is 0 Å². The Morgan fingerprint density at radius 1 is 1.28 bits per heavy atom. The molecule has 0 radical (unpaired) electrons. The minimum Gasteiger partial charge on any atom is -0.399 e. The molecule has 1 aliphatic rings. The average molecular weight is 268 g/mol. The molecule has 4 nitrogen and oxygen atoms in total. The highest BCUT2D eigenvalue weighted by molar-refractivity contribution is 7.92. The van der Waals surface area contributed by atoms with Crippen LogP contribution in [0.1, 0.15) is 26.2 Å². The first-order chi connectivity index (χ1) is 8.53. The van der Waals surface area contributed by atoms with Gasteiger partial charge >= 0.3 is 0 Å². The number of nitrogens with two attached hydrogens (primary N) is 1. The molecule has 0 amide bonds. The Morgan fingerprint density at radius 2 is 1.89 bits per heavy atom. The van der Waals surface area contributed by atoms with Crippen molar-refractivity contribution in [3.05, 3.63) is 24.3 Å². The number of nitrogens with zero attached hydrogens (tertiary/aromatic N) is 1. The lowest BCUT2D eigenvalue weighted by molar-refractivity contribution is 0.586. The van der Waals surface area contributed by atoms with Gasteiger partial charge in [-0.05, 0) is 49.4 Å². The van der Waals surface area contributed by atoms with E-state index in [1.54, 1.807) is 24.3 Å². The van der Waals surface area contributed by atoms with E-state index in [-0.39, 0.29) is 5.75 Å². The summed E-state index contributed by atoms with van der Waals surface area (Å²) in [5.74, 6) is 0.639. The summed E-state index contributed by atoms with van der Waals surface area (Å²) in [6.07, 6.45) is 2.89. The van der Waals surface area contributed by atoms with Crippen molar-refractivity contribution in [1.29, 1.82) is 0 Å². The quantitative estimate of drug-likeness (QED) is 0.805. The summed E-state index contributed by atoms with van der Waals surface area (Å²) in [5, 5.41) is 0. The van der Waals surface area contributed by atoms with Crippen LogP contribution in [-0.4, -0.2) is 20.7 Å². The van der Waals surface area contributed by atoms with Crippen LogP contribution in [0.2, 0.25) is 0 Å². The molecule has 100 valence electrons. The maximum atomic E-state index is 12.4. The van der Waals surface area contributed by atoms with E-state index in [1.165, 1.54) is 4.31 Å². The second-order valence-corrected chi connectivity index (χ2v) is 6.82. The van der Waals surface area contributed by atoms with Gasteiger partial charge in [0.2, 0.25) is 10.0 Å². The molecule has 2 rings (SSSR count). The lowest BCUT2D eigenvalue weighted by Crippen LogP contribution is -2.34. The van der Waals surface area contributed by atoms with Crippen molar-refractivity contribution in [2.45, 2.75) is 26.2 Å². The second-order valence-electron chi connectivity index (χ2n) is 4.89. The third kappa shape index (κ3) is 3.16. The fourth-order valence-electron chi connectivity index (χ4n) is 1.94. The van der Waals surface area contributed by atoms with Gasteiger partial charge in [0.05, 0.1) is 11.4 Å². The molecule has 0 bridgehead atoms. The average Bonchev–Trinajstić information content (AvgIpc) is 3.10. The molecule has 1 aliphatic carbocycles. The molecule has 1 saturated carbocycles. The zero-order valence-electron chi connectivity index (χ0n) is 10.7. The third-order valence-corrected chi connectivity index (χ3v) is 5.04. The van der Waals surface area contributed by atoms with Gasteiger partial charge in [-0.15, -0.1) is 0 Å². The second kappa shape index (κ2) is 5.18. The van der Waals surface area contributed by atoms with Gasteiger partial charge in [-0.3, -0.25) is 4.31 Å². The van der Waals surface area contributed by atoms with E-state index in [0.29, 0.717) is 23.8 Å². The molecule has 0 unspecified atom stereocenters. The number of nitrogen functional groups attached to an aromatic ring is 1. The van der Waals surface area contributed by atoms with Crippen LogP contribution in [0.4, 0.5) is 11.4 Å². The van der Waals surface area contributed by atoms with Crippen LogP contribution in [0.15, 0.2) is 24.3 Å². The number of hydrogen-bond acceptors (Lipinski definition) is 3. The number of sulfonamides is 1. The fraction of sp³-hybridized carbons (Fsp3) is 0.538. The van der Waals surface area contributed by atoms with Gasteiger partial charge in [0, 0.05) is 12.2 Å². The Morgan fingerprint density at radius 3 is 2.39 bits per heavy atom. The molecule has 0 atom stereocenters. The molecular formula is C13H20N2O2S. The first-order valence-electron chi connectivity index (χ1n) is 6.39. The maximum Gasteiger partial charge on any atom is 0.235 e. The first kappa shape index (κ1) is 13.2. The topological polar surface area (TPSA) is 63.4 Å². The zero-order chi connectivity index (χ0) is 13.2. The van der Waals surface area contributed by atoms with E-state index >= 15 is 0 Å². The number of rotatable bonds is 6. The van der Waals surface area contributed by atoms with Gasteiger partial charge in [-0.25, -0.2) is 8.42 Å². The molecule has 5 heteroatoms. The van der Waals surface area contributed by atoms with Gasteiger partial charge in [-0.1, -0.05) is 6.92 Å².